The Bertz CT molecular complexity index is 779. The van der Waals surface area contributed by atoms with Crippen molar-refractivity contribution in [2.45, 2.75) is 6.92 Å². The first-order chi connectivity index (χ1) is 10.2. The van der Waals surface area contributed by atoms with Gasteiger partial charge in [-0.1, -0.05) is 23.7 Å². The van der Waals surface area contributed by atoms with Gasteiger partial charge < -0.3 is 4.74 Å². The molecule has 21 heavy (non-hydrogen) atoms. The Morgan fingerprint density at radius 3 is 2.90 bits per heavy atom. The summed E-state index contributed by atoms with van der Waals surface area (Å²) in [5.74, 6) is 0.590. The Labute approximate surface area is 130 Å². The van der Waals surface area contributed by atoms with Crippen molar-refractivity contribution in [3.8, 4) is 11.3 Å². The van der Waals surface area contributed by atoms with Crippen LogP contribution in [0.2, 0.25) is 5.02 Å². The molecular weight excluding hydrogens is 310 g/mol. The molecule has 1 N–H and O–H groups in total. The third-order valence-corrected chi connectivity index (χ3v) is 3.88. The van der Waals surface area contributed by atoms with Crippen LogP contribution in [0.15, 0.2) is 35.8 Å². The fourth-order valence-corrected chi connectivity index (χ4v) is 2.82. The number of nitrogens with zero attached hydrogens (tertiary/aromatic N) is 2. The van der Waals surface area contributed by atoms with Gasteiger partial charge in [-0.25, -0.2) is 9.78 Å². The zero-order chi connectivity index (χ0) is 14.8. The van der Waals surface area contributed by atoms with E-state index in [-0.39, 0.29) is 0 Å². The number of rotatable bonds is 3. The smallest absolute Gasteiger partial charge is 0.412 e. The number of ether oxygens (including phenoxy) is 1. The highest BCUT2D eigenvalue weighted by Gasteiger charge is 2.17. The van der Waals surface area contributed by atoms with Gasteiger partial charge in [0.15, 0.2) is 4.96 Å². The Morgan fingerprint density at radius 1 is 1.43 bits per heavy atom. The molecule has 3 rings (SSSR count). The number of anilines is 1. The van der Waals surface area contributed by atoms with E-state index in [0.717, 1.165) is 10.5 Å². The zero-order valence-electron chi connectivity index (χ0n) is 11.2. The number of carbonyl (C=O) groups excluding carboxylic acids is 1. The molecule has 0 aliphatic carbocycles. The minimum absolute atomic E-state index is 0.313. The molecule has 0 atom stereocenters. The van der Waals surface area contributed by atoms with E-state index in [4.69, 9.17) is 16.3 Å². The van der Waals surface area contributed by atoms with Crippen molar-refractivity contribution in [2.75, 3.05) is 11.9 Å². The van der Waals surface area contributed by atoms with Gasteiger partial charge in [0, 0.05) is 22.2 Å². The largest absolute Gasteiger partial charge is 0.450 e. The molecule has 2 aromatic heterocycles. The van der Waals surface area contributed by atoms with Gasteiger partial charge in [-0.3, -0.25) is 9.72 Å². The maximum absolute atomic E-state index is 11.7. The maximum atomic E-state index is 11.7. The Morgan fingerprint density at radius 2 is 2.19 bits per heavy atom. The molecule has 1 amide bonds. The number of carbonyl (C=O) groups is 1. The monoisotopic (exact) mass is 321 g/mol. The molecule has 0 spiro atoms. The van der Waals surface area contributed by atoms with Crippen LogP contribution < -0.4 is 5.32 Å². The number of nitrogens with one attached hydrogen (secondary N) is 1. The van der Waals surface area contributed by atoms with E-state index < -0.39 is 6.09 Å². The number of aromatic nitrogens is 2. The van der Waals surface area contributed by atoms with Crippen molar-refractivity contribution in [3.05, 3.63) is 40.9 Å². The minimum atomic E-state index is -0.499. The van der Waals surface area contributed by atoms with E-state index in [1.807, 2.05) is 28.1 Å². The SMILES string of the molecule is CCOC(=O)Nc1c(-c2ccc(Cl)cc2)nc2sccn12. The van der Waals surface area contributed by atoms with Crippen LogP contribution in [0.1, 0.15) is 6.92 Å². The molecule has 108 valence electrons. The fourth-order valence-electron chi connectivity index (χ4n) is 1.98. The molecule has 5 nitrogen and oxygen atoms in total. The lowest BCUT2D eigenvalue weighted by Crippen LogP contribution is -2.15. The van der Waals surface area contributed by atoms with Crippen LogP contribution in [0.5, 0.6) is 0 Å². The van der Waals surface area contributed by atoms with Gasteiger partial charge in [-0.05, 0) is 19.1 Å². The molecule has 3 aromatic rings. The van der Waals surface area contributed by atoms with Crippen molar-refractivity contribution < 1.29 is 9.53 Å². The minimum Gasteiger partial charge on any atom is -0.450 e. The van der Waals surface area contributed by atoms with Crippen LogP contribution in [0, 0.1) is 0 Å². The first kappa shape index (κ1) is 13.9. The molecule has 1 aromatic carbocycles. The molecule has 0 aliphatic heterocycles. The summed E-state index contributed by atoms with van der Waals surface area (Å²) in [4.78, 5) is 17.1. The van der Waals surface area contributed by atoms with Gasteiger partial charge >= 0.3 is 6.09 Å². The van der Waals surface area contributed by atoms with Crippen molar-refractivity contribution in [2.24, 2.45) is 0 Å². The number of benzene rings is 1. The number of thiazole rings is 1. The second kappa shape index (κ2) is 5.75. The van der Waals surface area contributed by atoms with Crippen LogP contribution >= 0.6 is 22.9 Å². The summed E-state index contributed by atoms with van der Waals surface area (Å²) in [5.41, 5.74) is 1.56. The second-order valence-electron chi connectivity index (χ2n) is 4.22. The molecule has 0 saturated heterocycles. The third-order valence-electron chi connectivity index (χ3n) is 2.88. The highest BCUT2D eigenvalue weighted by Crippen LogP contribution is 2.31. The van der Waals surface area contributed by atoms with E-state index in [0.29, 0.717) is 23.1 Å². The molecular formula is C14H12ClN3O2S. The number of hydrogen-bond acceptors (Lipinski definition) is 4. The lowest BCUT2D eigenvalue weighted by atomic mass is 10.1. The number of hydrogen-bond donors (Lipinski definition) is 1. The molecule has 0 radical (unpaired) electrons. The Kier molecular flexibility index (Phi) is 3.81. The lowest BCUT2D eigenvalue weighted by molar-refractivity contribution is 0.168. The highest BCUT2D eigenvalue weighted by molar-refractivity contribution is 7.15. The van der Waals surface area contributed by atoms with E-state index >= 15 is 0 Å². The molecule has 0 fully saturated rings. The van der Waals surface area contributed by atoms with Crippen molar-refractivity contribution in [1.29, 1.82) is 0 Å². The van der Waals surface area contributed by atoms with E-state index in [9.17, 15) is 4.79 Å². The quantitative estimate of drug-likeness (QED) is 0.783. The zero-order valence-corrected chi connectivity index (χ0v) is 12.7. The number of imidazole rings is 1. The summed E-state index contributed by atoms with van der Waals surface area (Å²) in [7, 11) is 0. The summed E-state index contributed by atoms with van der Waals surface area (Å²) in [5, 5.41) is 5.31. The van der Waals surface area contributed by atoms with Crippen molar-refractivity contribution >= 4 is 39.8 Å². The van der Waals surface area contributed by atoms with Gasteiger partial charge in [0.2, 0.25) is 0 Å². The normalized spacial score (nSPS) is 10.8. The van der Waals surface area contributed by atoms with Gasteiger partial charge in [0.1, 0.15) is 11.5 Å². The number of amides is 1. The van der Waals surface area contributed by atoms with E-state index in [1.54, 1.807) is 19.1 Å². The third kappa shape index (κ3) is 2.72. The van der Waals surface area contributed by atoms with Gasteiger partial charge in [0.05, 0.1) is 6.61 Å². The first-order valence-corrected chi connectivity index (χ1v) is 7.60. The second-order valence-corrected chi connectivity index (χ2v) is 5.53. The summed E-state index contributed by atoms with van der Waals surface area (Å²) in [6.07, 6.45) is 1.36. The number of halogens is 1. The number of fused-ring (bicyclic) bond motifs is 1. The average molecular weight is 322 g/mol. The summed E-state index contributed by atoms with van der Waals surface area (Å²) in [6, 6.07) is 7.31. The van der Waals surface area contributed by atoms with E-state index in [1.165, 1.54) is 11.3 Å². The first-order valence-electron chi connectivity index (χ1n) is 6.34. The predicted molar refractivity (Wildman–Crippen MR) is 84.2 cm³/mol. The average Bonchev–Trinajstić information content (AvgIpc) is 3.03. The standard InChI is InChI=1S/C14H12ClN3O2S/c1-2-20-14(19)17-12-11(9-3-5-10(15)6-4-9)16-13-18(12)7-8-21-13/h3-8H,2H2,1H3,(H,17,19). The molecule has 0 aliphatic rings. The Hall–Kier alpha value is -2.05. The van der Waals surface area contributed by atoms with Gasteiger partial charge in [0.25, 0.3) is 0 Å². The maximum Gasteiger partial charge on any atom is 0.412 e. The molecule has 0 unspecified atom stereocenters. The van der Waals surface area contributed by atoms with Crippen LogP contribution in [-0.2, 0) is 4.74 Å². The molecule has 0 bridgehead atoms. The van der Waals surface area contributed by atoms with Crippen molar-refractivity contribution in [1.82, 2.24) is 9.38 Å². The van der Waals surface area contributed by atoms with Crippen LogP contribution in [-0.4, -0.2) is 22.1 Å². The Balaban J connectivity index is 2.06. The molecule has 7 heteroatoms. The summed E-state index contributed by atoms with van der Waals surface area (Å²) < 4.78 is 6.77. The lowest BCUT2D eigenvalue weighted by Gasteiger charge is -2.07. The summed E-state index contributed by atoms with van der Waals surface area (Å²) in [6.45, 7) is 2.07. The fraction of sp³-hybridized carbons (Fsp3) is 0.143. The summed E-state index contributed by atoms with van der Waals surface area (Å²) >= 11 is 7.40. The van der Waals surface area contributed by atoms with Crippen molar-refractivity contribution in [3.63, 3.8) is 0 Å². The van der Waals surface area contributed by atoms with Crippen LogP contribution in [0.3, 0.4) is 0 Å². The van der Waals surface area contributed by atoms with E-state index in [2.05, 4.69) is 10.3 Å². The van der Waals surface area contributed by atoms with Gasteiger partial charge in [-0.15, -0.1) is 11.3 Å². The topological polar surface area (TPSA) is 55.6 Å². The molecule has 2 heterocycles. The molecule has 0 saturated carbocycles. The highest BCUT2D eigenvalue weighted by atomic mass is 35.5. The van der Waals surface area contributed by atoms with Crippen LogP contribution in [0.25, 0.3) is 16.2 Å². The predicted octanol–water partition coefficient (Wildman–Crippen LogP) is 4.28. The van der Waals surface area contributed by atoms with Gasteiger partial charge in [-0.2, -0.15) is 0 Å². The van der Waals surface area contributed by atoms with Crippen LogP contribution in [0.4, 0.5) is 10.6 Å².